The van der Waals surface area contributed by atoms with Crippen LogP contribution in [0.1, 0.15) is 86.1 Å². The van der Waals surface area contributed by atoms with Crippen molar-refractivity contribution in [2.24, 2.45) is 11.3 Å². The molecule has 2 rings (SSSR count). The highest BCUT2D eigenvalue weighted by Gasteiger charge is 2.21. The molecule has 1 aromatic rings. The Balaban J connectivity index is 0. The molecule has 1 saturated carbocycles. The fraction of sp³-hybridized carbons (Fsp3) is 0.750. The van der Waals surface area contributed by atoms with E-state index in [1.165, 1.54) is 56.9 Å². The average molecular weight is 382 g/mol. The standard InChI is InChI=1S/C12H17NO.C11H24.CH4O.H2/c1-13-8-11-3-2-4-12(7-11)14-9-10-5-6-10;1-5-7-8-9-10-11(3,4)6-2;1-2;/h2-4,7,10,13H,5-6,8-9H2,1H3;5-10H2,1-4H3;2H,1H3;1H. The van der Waals surface area contributed by atoms with E-state index in [2.05, 4.69) is 51.2 Å². The Bertz CT molecular complexity index is 462. The number of aliphatic hydroxyl groups excluding tert-OH is 1. The maximum atomic E-state index is 7.00. The van der Waals surface area contributed by atoms with Crippen molar-refractivity contribution in [1.82, 2.24) is 5.32 Å². The maximum absolute atomic E-state index is 7.00. The number of hydrogen-bond donors (Lipinski definition) is 2. The van der Waals surface area contributed by atoms with Crippen molar-refractivity contribution >= 4 is 0 Å². The van der Waals surface area contributed by atoms with E-state index in [1.54, 1.807) is 0 Å². The summed E-state index contributed by atoms with van der Waals surface area (Å²) in [6.07, 6.45) is 11.0. The Kier molecular flexibility index (Phi) is 15.3. The van der Waals surface area contributed by atoms with Gasteiger partial charge in [-0.3, -0.25) is 0 Å². The van der Waals surface area contributed by atoms with E-state index in [1.807, 2.05) is 13.1 Å². The van der Waals surface area contributed by atoms with Gasteiger partial charge >= 0.3 is 0 Å². The van der Waals surface area contributed by atoms with Crippen molar-refractivity contribution in [1.29, 1.82) is 0 Å². The number of benzene rings is 1. The van der Waals surface area contributed by atoms with Gasteiger partial charge in [0.05, 0.1) is 6.61 Å². The highest BCUT2D eigenvalue weighted by Crippen LogP contribution is 2.29. The van der Waals surface area contributed by atoms with Crippen LogP contribution in [0, 0.1) is 11.3 Å². The van der Waals surface area contributed by atoms with E-state index in [9.17, 15) is 0 Å². The topological polar surface area (TPSA) is 41.5 Å². The van der Waals surface area contributed by atoms with Gasteiger partial charge in [0.15, 0.2) is 0 Å². The lowest BCUT2D eigenvalue weighted by atomic mass is 9.84. The summed E-state index contributed by atoms with van der Waals surface area (Å²) in [6.45, 7) is 11.1. The summed E-state index contributed by atoms with van der Waals surface area (Å²) in [4.78, 5) is 0. The van der Waals surface area contributed by atoms with Gasteiger partial charge in [0, 0.05) is 15.1 Å². The van der Waals surface area contributed by atoms with Crippen LogP contribution in [0.5, 0.6) is 5.75 Å². The van der Waals surface area contributed by atoms with Crippen molar-refractivity contribution in [3.8, 4) is 5.75 Å². The molecule has 1 fully saturated rings. The summed E-state index contributed by atoms with van der Waals surface area (Å²) in [7, 11) is 2.96. The van der Waals surface area contributed by atoms with Crippen LogP contribution in [0.25, 0.3) is 0 Å². The molecule has 0 bridgehead atoms. The van der Waals surface area contributed by atoms with Gasteiger partial charge in [-0.25, -0.2) is 0 Å². The molecule has 1 aromatic carbocycles. The zero-order valence-electron chi connectivity index (χ0n) is 18.8. The van der Waals surface area contributed by atoms with Crippen molar-refractivity contribution in [2.45, 2.75) is 85.6 Å². The third-order valence-corrected chi connectivity index (χ3v) is 5.13. The molecule has 0 radical (unpaired) electrons. The SMILES string of the molecule is CCCCCCC(C)(C)CC.CNCc1cccc(OCC2CC2)c1.CO.[HH]. The van der Waals surface area contributed by atoms with Crippen LogP contribution in [-0.2, 0) is 6.54 Å². The van der Waals surface area contributed by atoms with Gasteiger partial charge in [-0.05, 0) is 55.3 Å². The molecule has 0 aromatic heterocycles. The van der Waals surface area contributed by atoms with Gasteiger partial charge in [0.25, 0.3) is 0 Å². The van der Waals surface area contributed by atoms with E-state index < -0.39 is 0 Å². The van der Waals surface area contributed by atoms with Crippen LogP contribution in [-0.4, -0.2) is 25.9 Å². The fourth-order valence-electron chi connectivity index (χ4n) is 2.66. The first-order valence-corrected chi connectivity index (χ1v) is 10.8. The Morgan fingerprint density at radius 1 is 1.15 bits per heavy atom. The van der Waals surface area contributed by atoms with Crippen LogP contribution >= 0.6 is 0 Å². The van der Waals surface area contributed by atoms with Gasteiger partial charge in [0.2, 0.25) is 0 Å². The summed E-state index contributed by atoms with van der Waals surface area (Å²) in [6, 6.07) is 8.30. The van der Waals surface area contributed by atoms with E-state index in [-0.39, 0.29) is 1.43 Å². The molecule has 27 heavy (non-hydrogen) atoms. The first-order chi connectivity index (χ1) is 13.0. The van der Waals surface area contributed by atoms with Crippen molar-refractivity contribution in [3.05, 3.63) is 29.8 Å². The molecule has 160 valence electrons. The number of aliphatic hydroxyl groups is 1. The molecule has 1 aliphatic rings. The van der Waals surface area contributed by atoms with E-state index in [4.69, 9.17) is 9.84 Å². The lowest BCUT2D eigenvalue weighted by Crippen LogP contribution is -2.08. The van der Waals surface area contributed by atoms with Crippen LogP contribution in [0.2, 0.25) is 0 Å². The zero-order chi connectivity index (χ0) is 20.5. The minimum Gasteiger partial charge on any atom is -0.493 e. The van der Waals surface area contributed by atoms with E-state index in [0.29, 0.717) is 5.41 Å². The molecular formula is C24H47NO2. The normalized spacial score (nSPS) is 13.1. The Morgan fingerprint density at radius 3 is 2.41 bits per heavy atom. The first kappa shape index (κ1) is 25.9. The Hall–Kier alpha value is -1.06. The quantitative estimate of drug-likeness (QED) is 0.433. The van der Waals surface area contributed by atoms with Crippen LogP contribution in [0.3, 0.4) is 0 Å². The van der Waals surface area contributed by atoms with E-state index >= 15 is 0 Å². The monoisotopic (exact) mass is 381 g/mol. The second-order valence-electron chi connectivity index (χ2n) is 8.26. The van der Waals surface area contributed by atoms with Gasteiger partial charge in [-0.2, -0.15) is 0 Å². The zero-order valence-corrected chi connectivity index (χ0v) is 18.8. The molecule has 0 heterocycles. The third kappa shape index (κ3) is 14.6. The van der Waals surface area contributed by atoms with Crippen LogP contribution < -0.4 is 10.1 Å². The molecule has 3 nitrogen and oxygen atoms in total. The van der Waals surface area contributed by atoms with Crippen molar-refractivity contribution in [3.63, 3.8) is 0 Å². The molecular weight excluding hydrogens is 334 g/mol. The molecule has 0 spiro atoms. The smallest absolute Gasteiger partial charge is 0.119 e. The highest BCUT2D eigenvalue weighted by molar-refractivity contribution is 5.28. The predicted molar refractivity (Wildman–Crippen MR) is 121 cm³/mol. The molecule has 0 unspecified atom stereocenters. The summed E-state index contributed by atoms with van der Waals surface area (Å²) < 4.78 is 5.69. The van der Waals surface area contributed by atoms with Crippen LogP contribution in [0.15, 0.2) is 24.3 Å². The summed E-state index contributed by atoms with van der Waals surface area (Å²) in [5.74, 6) is 1.83. The lowest BCUT2D eigenvalue weighted by Gasteiger charge is -2.21. The number of nitrogens with one attached hydrogen (secondary N) is 1. The lowest BCUT2D eigenvalue weighted by molar-refractivity contribution is 0.299. The average Bonchev–Trinajstić information content (AvgIpc) is 3.51. The van der Waals surface area contributed by atoms with E-state index in [0.717, 1.165) is 31.9 Å². The summed E-state index contributed by atoms with van der Waals surface area (Å²) in [5, 5.41) is 10.1. The third-order valence-electron chi connectivity index (χ3n) is 5.13. The van der Waals surface area contributed by atoms with Gasteiger partial charge in [-0.1, -0.05) is 71.9 Å². The van der Waals surface area contributed by atoms with Crippen molar-refractivity contribution < 1.29 is 11.3 Å². The Morgan fingerprint density at radius 2 is 1.85 bits per heavy atom. The molecule has 0 aliphatic heterocycles. The molecule has 2 N–H and O–H groups in total. The number of ether oxygens (including phenoxy) is 1. The fourth-order valence-corrected chi connectivity index (χ4v) is 2.66. The second kappa shape index (κ2) is 15.9. The largest absolute Gasteiger partial charge is 0.493 e. The molecule has 0 atom stereocenters. The van der Waals surface area contributed by atoms with Gasteiger partial charge in [0.1, 0.15) is 5.75 Å². The van der Waals surface area contributed by atoms with Crippen molar-refractivity contribution in [2.75, 3.05) is 20.8 Å². The Labute approximate surface area is 170 Å². The number of unbranched alkanes of at least 4 members (excludes halogenated alkanes) is 3. The second-order valence-corrected chi connectivity index (χ2v) is 8.26. The first-order valence-electron chi connectivity index (χ1n) is 10.8. The van der Waals surface area contributed by atoms with Crippen LogP contribution in [0.4, 0.5) is 0 Å². The summed E-state index contributed by atoms with van der Waals surface area (Å²) >= 11 is 0. The predicted octanol–water partition coefficient (Wildman–Crippen LogP) is 6.44. The van der Waals surface area contributed by atoms with Gasteiger partial charge < -0.3 is 15.2 Å². The highest BCUT2D eigenvalue weighted by atomic mass is 16.5. The molecule has 3 heteroatoms. The van der Waals surface area contributed by atoms with Gasteiger partial charge in [-0.15, -0.1) is 0 Å². The minimum atomic E-state index is 0. The minimum absolute atomic E-state index is 0. The molecule has 0 amide bonds. The number of hydrogen-bond acceptors (Lipinski definition) is 3. The maximum Gasteiger partial charge on any atom is 0.119 e. The number of rotatable bonds is 11. The summed E-state index contributed by atoms with van der Waals surface area (Å²) in [5.41, 5.74) is 1.87. The molecule has 0 saturated heterocycles. The molecule has 1 aliphatic carbocycles.